The number of rotatable bonds is 5. The minimum atomic E-state index is -3.49. The summed E-state index contributed by atoms with van der Waals surface area (Å²) >= 11 is 0. The summed E-state index contributed by atoms with van der Waals surface area (Å²) in [6, 6.07) is 6.42. The third kappa shape index (κ3) is 3.83. The quantitative estimate of drug-likeness (QED) is 0.907. The summed E-state index contributed by atoms with van der Waals surface area (Å²) in [4.78, 5) is 13.8. The predicted molar refractivity (Wildman–Crippen MR) is 82.7 cm³/mol. The second-order valence-corrected chi connectivity index (χ2v) is 7.14. The Balaban J connectivity index is 2.17. The van der Waals surface area contributed by atoms with Gasteiger partial charge >= 0.3 is 0 Å². The second-order valence-electron chi connectivity index (χ2n) is 5.43. The summed E-state index contributed by atoms with van der Waals surface area (Å²) < 4.78 is 26.9. The Labute approximate surface area is 126 Å². The zero-order valence-corrected chi connectivity index (χ0v) is 13.3. The number of nitrogens with one attached hydrogen (secondary N) is 1. The normalized spacial score (nSPS) is 17.8. The van der Waals surface area contributed by atoms with Gasteiger partial charge in [-0.25, -0.2) is 13.1 Å². The van der Waals surface area contributed by atoms with Crippen LogP contribution >= 0.6 is 0 Å². The molecule has 1 aliphatic rings. The molecule has 5 nitrogen and oxygen atoms in total. The van der Waals surface area contributed by atoms with E-state index in [2.05, 4.69) is 4.72 Å². The van der Waals surface area contributed by atoms with Crippen LogP contribution in [0, 0.1) is 0 Å². The summed E-state index contributed by atoms with van der Waals surface area (Å²) in [5.74, 6) is 0.106. The maximum Gasteiger partial charge on any atom is 0.240 e. The lowest BCUT2D eigenvalue weighted by atomic mass is 10.1. The molecule has 0 aliphatic carbocycles. The smallest absolute Gasteiger partial charge is 0.240 e. The van der Waals surface area contributed by atoms with Crippen molar-refractivity contribution in [3.05, 3.63) is 24.3 Å². The minimum absolute atomic E-state index is 0.0988. The molecule has 1 aromatic rings. The summed E-state index contributed by atoms with van der Waals surface area (Å²) in [5.41, 5.74) is 0.766. The molecule has 1 amide bonds. The van der Waals surface area contributed by atoms with E-state index < -0.39 is 10.0 Å². The average Bonchev–Trinajstić information content (AvgIpc) is 2.47. The van der Waals surface area contributed by atoms with Gasteiger partial charge in [0.2, 0.25) is 15.9 Å². The molecule has 1 atom stereocenters. The Morgan fingerprint density at radius 3 is 2.48 bits per heavy atom. The fourth-order valence-electron chi connectivity index (χ4n) is 2.30. The second kappa shape index (κ2) is 6.58. The summed E-state index contributed by atoms with van der Waals surface area (Å²) in [7, 11) is -3.49. The first kappa shape index (κ1) is 16.0. The highest BCUT2D eigenvalue weighted by molar-refractivity contribution is 7.89. The van der Waals surface area contributed by atoms with Gasteiger partial charge < -0.3 is 4.90 Å². The molecule has 0 bridgehead atoms. The van der Waals surface area contributed by atoms with E-state index in [1.165, 1.54) is 0 Å². The van der Waals surface area contributed by atoms with E-state index in [1.54, 1.807) is 29.2 Å². The average molecular weight is 310 g/mol. The summed E-state index contributed by atoms with van der Waals surface area (Å²) in [6.45, 7) is 4.46. The highest BCUT2D eigenvalue weighted by Crippen LogP contribution is 2.22. The molecule has 116 valence electrons. The Hall–Kier alpha value is -1.40. The van der Waals surface area contributed by atoms with Gasteiger partial charge in [-0.3, -0.25) is 4.79 Å². The van der Waals surface area contributed by atoms with E-state index in [9.17, 15) is 13.2 Å². The van der Waals surface area contributed by atoms with E-state index in [-0.39, 0.29) is 16.8 Å². The van der Waals surface area contributed by atoms with Crippen molar-refractivity contribution in [3.63, 3.8) is 0 Å². The van der Waals surface area contributed by atoms with Crippen molar-refractivity contribution >= 4 is 21.6 Å². The molecule has 1 N–H and O–H groups in total. The van der Waals surface area contributed by atoms with Crippen LogP contribution in [-0.2, 0) is 14.8 Å². The summed E-state index contributed by atoms with van der Waals surface area (Å²) in [6.07, 6.45) is 3.22. The zero-order valence-electron chi connectivity index (χ0n) is 12.5. The van der Waals surface area contributed by atoms with Gasteiger partial charge in [-0.2, -0.15) is 0 Å². The minimum Gasteiger partial charge on any atom is -0.312 e. The van der Waals surface area contributed by atoms with E-state index >= 15 is 0 Å². The monoisotopic (exact) mass is 310 g/mol. The topological polar surface area (TPSA) is 66.5 Å². The molecule has 1 aliphatic heterocycles. The molecule has 0 saturated carbocycles. The van der Waals surface area contributed by atoms with Gasteiger partial charge in [0.05, 0.1) is 4.90 Å². The highest BCUT2D eigenvalue weighted by atomic mass is 32.2. The Kier molecular flexibility index (Phi) is 5.00. The van der Waals surface area contributed by atoms with Gasteiger partial charge in [0, 0.05) is 24.7 Å². The van der Waals surface area contributed by atoms with E-state index in [1.807, 2.05) is 13.8 Å². The van der Waals surface area contributed by atoms with Crippen molar-refractivity contribution in [3.8, 4) is 0 Å². The van der Waals surface area contributed by atoms with Crippen LogP contribution in [0.2, 0.25) is 0 Å². The van der Waals surface area contributed by atoms with Crippen LogP contribution in [-0.4, -0.2) is 26.9 Å². The molecule has 6 heteroatoms. The van der Waals surface area contributed by atoms with Crippen LogP contribution in [0.5, 0.6) is 0 Å². The van der Waals surface area contributed by atoms with Crippen molar-refractivity contribution in [1.29, 1.82) is 0 Å². The first-order valence-corrected chi connectivity index (χ1v) is 8.85. The number of anilines is 1. The highest BCUT2D eigenvalue weighted by Gasteiger charge is 2.21. The van der Waals surface area contributed by atoms with Crippen molar-refractivity contribution in [2.75, 3.05) is 11.4 Å². The maximum absolute atomic E-state index is 12.2. The van der Waals surface area contributed by atoms with Crippen molar-refractivity contribution in [2.24, 2.45) is 0 Å². The van der Waals surface area contributed by atoms with E-state index in [0.29, 0.717) is 13.0 Å². The molecule has 0 radical (unpaired) electrons. The number of nitrogens with zero attached hydrogens (tertiary/aromatic N) is 1. The molecule has 2 rings (SSSR count). The first-order valence-electron chi connectivity index (χ1n) is 7.37. The lowest BCUT2D eigenvalue weighted by molar-refractivity contribution is -0.119. The lowest BCUT2D eigenvalue weighted by Crippen LogP contribution is -2.35. The van der Waals surface area contributed by atoms with Gasteiger partial charge in [-0.05, 0) is 50.5 Å². The fraction of sp³-hybridized carbons (Fsp3) is 0.533. The number of hydrogen-bond acceptors (Lipinski definition) is 3. The fourth-order valence-corrected chi connectivity index (χ4v) is 3.63. The molecule has 21 heavy (non-hydrogen) atoms. The van der Waals surface area contributed by atoms with Gasteiger partial charge in [0.15, 0.2) is 0 Å². The standard InChI is InChI=1S/C15H22N2O3S/c1-3-12(2)16-21(19,20)14-9-7-13(8-10-14)17-11-5-4-6-15(17)18/h7-10,12,16H,3-6,11H2,1-2H3/t12-/m1/s1. The van der Waals surface area contributed by atoms with Crippen molar-refractivity contribution < 1.29 is 13.2 Å². The van der Waals surface area contributed by atoms with Crippen LogP contribution < -0.4 is 9.62 Å². The number of sulfonamides is 1. The maximum atomic E-state index is 12.2. The van der Waals surface area contributed by atoms with Crippen LogP contribution in [0.15, 0.2) is 29.2 Å². The number of carbonyl (C=O) groups is 1. The molecule has 0 spiro atoms. The van der Waals surface area contributed by atoms with Gasteiger partial charge in [-0.1, -0.05) is 6.92 Å². The first-order chi connectivity index (χ1) is 9.94. The van der Waals surface area contributed by atoms with Crippen LogP contribution in [0.25, 0.3) is 0 Å². The van der Waals surface area contributed by atoms with Crippen molar-refractivity contribution in [1.82, 2.24) is 4.72 Å². The number of carbonyl (C=O) groups excluding carboxylic acids is 1. The lowest BCUT2D eigenvalue weighted by Gasteiger charge is -2.26. The molecule has 1 fully saturated rings. The van der Waals surface area contributed by atoms with Crippen molar-refractivity contribution in [2.45, 2.75) is 50.5 Å². The third-order valence-electron chi connectivity index (χ3n) is 3.75. The molecule has 1 aromatic carbocycles. The van der Waals surface area contributed by atoms with E-state index in [4.69, 9.17) is 0 Å². The Bertz CT molecular complexity index is 596. The van der Waals surface area contributed by atoms with Crippen LogP contribution in [0.1, 0.15) is 39.5 Å². The van der Waals surface area contributed by atoms with Gasteiger partial charge in [0.1, 0.15) is 0 Å². The SMILES string of the molecule is CC[C@@H](C)NS(=O)(=O)c1ccc(N2CCCCC2=O)cc1. The van der Waals surface area contributed by atoms with Gasteiger partial charge in [0.25, 0.3) is 0 Å². The molecule has 1 saturated heterocycles. The number of hydrogen-bond donors (Lipinski definition) is 1. The molecular weight excluding hydrogens is 288 g/mol. The zero-order chi connectivity index (χ0) is 15.5. The number of amides is 1. The summed E-state index contributed by atoms with van der Waals surface area (Å²) in [5, 5.41) is 0. The molecule has 1 heterocycles. The van der Waals surface area contributed by atoms with E-state index in [0.717, 1.165) is 24.9 Å². The number of benzene rings is 1. The Morgan fingerprint density at radius 1 is 1.24 bits per heavy atom. The Morgan fingerprint density at radius 2 is 1.90 bits per heavy atom. The molecular formula is C15H22N2O3S. The molecule has 0 aromatic heterocycles. The molecule has 0 unspecified atom stereocenters. The van der Waals surface area contributed by atoms with Gasteiger partial charge in [-0.15, -0.1) is 0 Å². The largest absolute Gasteiger partial charge is 0.312 e. The van der Waals surface area contributed by atoms with Crippen LogP contribution in [0.4, 0.5) is 5.69 Å². The predicted octanol–water partition coefficient (Wildman–Crippen LogP) is 2.28. The number of piperidine rings is 1. The third-order valence-corrected chi connectivity index (χ3v) is 5.36. The van der Waals surface area contributed by atoms with Crippen LogP contribution in [0.3, 0.4) is 0 Å².